The van der Waals surface area contributed by atoms with Gasteiger partial charge in [-0.15, -0.1) is 46.2 Å². The van der Waals surface area contributed by atoms with Crippen LogP contribution in [0.4, 0.5) is 47.6 Å². The average Bonchev–Trinajstić information content (AvgIpc) is 3.86. The number of fused-ring (bicyclic) bond motifs is 5. The van der Waals surface area contributed by atoms with Crippen LogP contribution in [0.25, 0.3) is 32.9 Å². The maximum atomic E-state index is 12.6. The fourth-order valence-electron chi connectivity index (χ4n) is 6.87. The standard InChI is InChI=1S/C29H27N6.C13H7F3N.Pt/c1-19-12-20(2)27(21(3)13-19)22-14-23(34-17-32(4)25-8-6-10-30-28(25)34)16-24(15-22)35-18-33(5)26-9-7-11-31-29(26)35;14-13(15,16)8-5-6-12-10(7-8)9-3-1-2-4-11(9)17-12;/h6-15,17-18H,1-5H3;1-7H;/q-3;-1;+4/i4D3,5D3;;. The molecule has 5 heterocycles. The second kappa shape index (κ2) is 13.9. The number of para-hydroxylation sites is 1. The van der Waals surface area contributed by atoms with Gasteiger partial charge < -0.3 is 24.6 Å². The van der Waals surface area contributed by atoms with Crippen LogP contribution in [-0.4, -0.2) is 23.9 Å². The van der Waals surface area contributed by atoms with Gasteiger partial charge in [-0.25, -0.2) is 9.97 Å². The zero-order valence-electron chi connectivity index (χ0n) is 34.6. The molecule has 3 aromatic heterocycles. The largest absolute Gasteiger partial charge is 4.00 e. The number of pyridine rings is 2. The van der Waals surface area contributed by atoms with Crippen molar-refractivity contribution in [3.63, 3.8) is 0 Å². The number of aryl methyl sites for hydroxylation is 3. The molecule has 0 unspecified atom stereocenters. The van der Waals surface area contributed by atoms with Gasteiger partial charge in [0.25, 0.3) is 0 Å². The SMILES string of the molecule is FC(F)(F)c1ccc2[n-]c3ccccc3c2c1.[2H]C([2H])([2H])N1[CH-]N(c2[c-]c(N3[CH-]N(C([2H])([2H])[2H])c4cccnc43)cc(-c3c(C)cc(C)cc3C)c2)c2ncccc21.[Pt+4]. The van der Waals surface area contributed by atoms with Crippen molar-refractivity contribution in [1.82, 2.24) is 15.0 Å². The van der Waals surface area contributed by atoms with E-state index in [2.05, 4.69) is 53.9 Å². The quantitative estimate of drug-likeness (QED) is 0.164. The molecular weight excluding hydrogens is 855 g/mol. The predicted molar refractivity (Wildman–Crippen MR) is 203 cm³/mol. The summed E-state index contributed by atoms with van der Waals surface area (Å²) in [5, 5.41) is 1.31. The molecule has 11 heteroatoms. The van der Waals surface area contributed by atoms with Gasteiger partial charge >= 0.3 is 27.2 Å². The van der Waals surface area contributed by atoms with E-state index in [9.17, 15) is 13.2 Å². The average molecular weight is 895 g/mol. The van der Waals surface area contributed by atoms with Crippen molar-refractivity contribution in [2.24, 2.45) is 0 Å². The molecule has 0 atom stereocenters. The first-order valence-corrected chi connectivity index (χ1v) is 16.3. The summed E-state index contributed by atoms with van der Waals surface area (Å²) in [7, 11) is 0. The van der Waals surface area contributed by atoms with Gasteiger partial charge in [-0.1, -0.05) is 54.1 Å². The molecule has 0 saturated heterocycles. The third-order valence-electron chi connectivity index (χ3n) is 9.05. The van der Waals surface area contributed by atoms with Crippen LogP contribution in [0, 0.1) is 40.2 Å². The Balaban J connectivity index is 0.000000244. The van der Waals surface area contributed by atoms with Crippen molar-refractivity contribution in [1.29, 1.82) is 0 Å². The summed E-state index contributed by atoms with van der Waals surface area (Å²) in [6.07, 6.45) is -1.08. The van der Waals surface area contributed by atoms with E-state index in [-0.39, 0.29) is 21.1 Å². The summed E-state index contributed by atoms with van der Waals surface area (Å²) < 4.78 is 86.3. The van der Waals surface area contributed by atoms with Crippen molar-refractivity contribution in [2.75, 3.05) is 33.6 Å². The smallest absolute Gasteiger partial charge is 0.657 e. The number of hydrogen-bond donors (Lipinski definition) is 0. The van der Waals surface area contributed by atoms with Gasteiger partial charge in [-0.2, -0.15) is 26.5 Å². The monoisotopic (exact) mass is 894 g/mol. The van der Waals surface area contributed by atoms with Crippen molar-refractivity contribution in [3.8, 4) is 11.1 Å². The van der Waals surface area contributed by atoms with Crippen molar-refractivity contribution >= 4 is 56.2 Å². The fourth-order valence-corrected chi connectivity index (χ4v) is 6.87. The minimum atomic E-state index is -4.31. The van der Waals surface area contributed by atoms with Crippen molar-refractivity contribution in [3.05, 3.63) is 145 Å². The van der Waals surface area contributed by atoms with Crippen LogP contribution in [0.2, 0.25) is 0 Å². The summed E-state index contributed by atoms with van der Waals surface area (Å²) >= 11 is 0. The first kappa shape index (κ1) is 29.2. The molecule has 0 N–H and O–H groups in total. The molecule has 0 radical (unpaired) electrons. The van der Waals surface area contributed by atoms with Crippen LogP contribution in [0.1, 0.15) is 30.5 Å². The molecule has 2 aliphatic heterocycles. The zero-order valence-corrected chi connectivity index (χ0v) is 30.8. The van der Waals surface area contributed by atoms with E-state index >= 15 is 0 Å². The Bertz CT molecular complexity index is 2590. The number of aromatic nitrogens is 3. The van der Waals surface area contributed by atoms with Crippen LogP contribution in [-0.2, 0) is 27.2 Å². The first-order valence-electron chi connectivity index (χ1n) is 19.3. The molecule has 9 rings (SSSR count). The Hall–Kier alpha value is -5.34. The Labute approximate surface area is 329 Å². The minimum absolute atomic E-state index is 0. The van der Waals surface area contributed by atoms with Gasteiger partial charge in [0.1, 0.15) is 11.6 Å². The number of rotatable bonds is 3. The molecule has 53 heavy (non-hydrogen) atoms. The summed E-state index contributed by atoms with van der Waals surface area (Å²) in [6.45, 7) is 4.31. The molecule has 2 aliphatic rings. The van der Waals surface area contributed by atoms with Crippen molar-refractivity contribution in [2.45, 2.75) is 26.9 Å². The number of halogens is 3. The normalized spacial score (nSPS) is 15.7. The second-order valence-corrected chi connectivity index (χ2v) is 12.7. The van der Waals surface area contributed by atoms with E-state index in [0.29, 0.717) is 45.3 Å². The topological polar surface area (TPSA) is 52.8 Å². The van der Waals surface area contributed by atoms with E-state index in [4.69, 9.17) is 8.22 Å². The predicted octanol–water partition coefficient (Wildman–Crippen LogP) is 10.2. The minimum Gasteiger partial charge on any atom is -0.657 e. The maximum absolute atomic E-state index is 12.6. The molecule has 0 aliphatic carbocycles. The van der Waals surface area contributed by atoms with Gasteiger partial charge in [0.15, 0.2) is 0 Å². The van der Waals surface area contributed by atoms with Crippen LogP contribution in [0.3, 0.4) is 0 Å². The zero-order chi connectivity index (χ0) is 41.3. The van der Waals surface area contributed by atoms with Crippen LogP contribution < -0.4 is 24.6 Å². The first-order chi connectivity index (χ1) is 27.4. The molecule has 4 aromatic carbocycles. The number of anilines is 6. The van der Waals surface area contributed by atoms with Gasteiger partial charge in [-0.3, -0.25) is 0 Å². The van der Waals surface area contributed by atoms with Crippen LogP contribution in [0.15, 0.2) is 103 Å². The molecule has 0 fully saturated rings. The summed E-state index contributed by atoms with van der Waals surface area (Å²) in [5.74, 6) is 0.904. The Morgan fingerprint density at radius 1 is 0.698 bits per heavy atom. The molecule has 0 amide bonds. The molecule has 0 saturated carbocycles. The summed E-state index contributed by atoms with van der Waals surface area (Å²) in [6, 6.07) is 29.2. The maximum Gasteiger partial charge on any atom is 4.00 e. The number of nitrogens with zero attached hydrogens (tertiary/aromatic N) is 7. The van der Waals surface area contributed by atoms with Gasteiger partial charge in [0.2, 0.25) is 0 Å². The van der Waals surface area contributed by atoms with Gasteiger partial charge in [-0.05, 0) is 92.5 Å². The molecule has 268 valence electrons. The molecule has 7 aromatic rings. The number of hydrogen-bond acceptors (Lipinski definition) is 6. The van der Waals surface area contributed by atoms with E-state index in [1.807, 2.05) is 18.2 Å². The molecular formula is C42H34F3N7Pt. The fraction of sp³-hybridized carbons (Fsp3) is 0.143. The Morgan fingerprint density at radius 3 is 1.83 bits per heavy atom. The van der Waals surface area contributed by atoms with E-state index in [0.717, 1.165) is 50.9 Å². The molecule has 7 nitrogen and oxygen atoms in total. The Kier molecular flexibility index (Phi) is 7.64. The molecule has 0 spiro atoms. The van der Waals surface area contributed by atoms with Crippen LogP contribution >= 0.6 is 0 Å². The van der Waals surface area contributed by atoms with Crippen molar-refractivity contribution < 1.29 is 42.5 Å². The Morgan fingerprint density at radius 2 is 1.26 bits per heavy atom. The number of alkyl halides is 3. The summed E-state index contributed by atoms with van der Waals surface area (Å²) in [4.78, 5) is 19.1. The summed E-state index contributed by atoms with van der Waals surface area (Å²) in [5.41, 5.74) is 7.85. The van der Waals surface area contributed by atoms with E-state index in [1.165, 1.54) is 29.2 Å². The van der Waals surface area contributed by atoms with Gasteiger partial charge in [0, 0.05) is 32.0 Å². The number of benzene rings is 4. The third-order valence-corrected chi connectivity index (χ3v) is 9.05. The molecule has 0 bridgehead atoms. The van der Waals surface area contributed by atoms with Gasteiger partial charge in [0.05, 0.1) is 5.56 Å². The third kappa shape index (κ3) is 6.61. The van der Waals surface area contributed by atoms with Crippen LogP contribution in [0.5, 0.6) is 0 Å². The second-order valence-electron chi connectivity index (χ2n) is 12.7. The van der Waals surface area contributed by atoms with E-state index < -0.39 is 25.7 Å². The van der Waals surface area contributed by atoms with E-state index in [1.54, 1.807) is 64.7 Å².